The molecule has 1 rings (SSSR count). The molecule has 0 saturated heterocycles. The molecule has 0 unspecified atom stereocenters. The van der Waals surface area contributed by atoms with Gasteiger partial charge in [0.05, 0.1) is 0 Å². The topological polar surface area (TPSA) is 20.3 Å². The van der Waals surface area contributed by atoms with E-state index in [0.29, 0.717) is 5.78 Å². The summed E-state index contributed by atoms with van der Waals surface area (Å²) >= 11 is 0. The fraction of sp³-hybridized carbons (Fsp3) is 0.923. The Kier molecular flexibility index (Phi) is 5.92. The SMILES string of the molecule is CCCCCN(C)CC1CCC(=O)CC1. The van der Waals surface area contributed by atoms with Crippen molar-refractivity contribution in [2.75, 3.05) is 20.1 Å². The molecule has 0 spiro atoms. The summed E-state index contributed by atoms with van der Waals surface area (Å²) in [5.74, 6) is 1.24. The molecule has 0 aromatic heterocycles. The van der Waals surface area contributed by atoms with Gasteiger partial charge in [-0.05, 0) is 38.8 Å². The summed E-state index contributed by atoms with van der Waals surface area (Å²) in [6.07, 6.45) is 7.85. The molecular weight excluding hydrogens is 186 g/mol. The van der Waals surface area contributed by atoms with Crippen molar-refractivity contribution in [3.8, 4) is 0 Å². The van der Waals surface area contributed by atoms with Crippen LogP contribution >= 0.6 is 0 Å². The highest BCUT2D eigenvalue weighted by Crippen LogP contribution is 2.22. The number of hydrogen-bond donors (Lipinski definition) is 0. The van der Waals surface area contributed by atoms with Gasteiger partial charge in [0.1, 0.15) is 5.78 Å². The first-order valence-electron chi connectivity index (χ1n) is 6.42. The molecule has 0 heterocycles. The number of carbonyl (C=O) groups excluding carboxylic acids is 1. The maximum Gasteiger partial charge on any atom is 0.132 e. The average Bonchev–Trinajstić information content (AvgIpc) is 2.22. The van der Waals surface area contributed by atoms with Gasteiger partial charge < -0.3 is 4.90 Å². The second kappa shape index (κ2) is 7.00. The summed E-state index contributed by atoms with van der Waals surface area (Å²) in [6, 6.07) is 0. The predicted octanol–water partition coefficient (Wildman–Crippen LogP) is 2.87. The van der Waals surface area contributed by atoms with Crippen LogP contribution in [0.5, 0.6) is 0 Å². The fourth-order valence-corrected chi connectivity index (χ4v) is 2.35. The van der Waals surface area contributed by atoms with Gasteiger partial charge in [0.25, 0.3) is 0 Å². The Labute approximate surface area is 94.0 Å². The van der Waals surface area contributed by atoms with Crippen molar-refractivity contribution in [1.82, 2.24) is 4.90 Å². The molecule has 0 atom stereocenters. The first-order chi connectivity index (χ1) is 7.22. The zero-order chi connectivity index (χ0) is 11.1. The van der Waals surface area contributed by atoms with Crippen LogP contribution in [0.3, 0.4) is 0 Å². The van der Waals surface area contributed by atoms with Gasteiger partial charge in [-0.1, -0.05) is 19.8 Å². The van der Waals surface area contributed by atoms with E-state index in [-0.39, 0.29) is 0 Å². The number of nitrogens with zero attached hydrogens (tertiary/aromatic N) is 1. The molecule has 1 aliphatic rings. The molecule has 0 N–H and O–H groups in total. The molecule has 0 aromatic rings. The molecule has 15 heavy (non-hydrogen) atoms. The van der Waals surface area contributed by atoms with E-state index in [2.05, 4.69) is 18.9 Å². The van der Waals surface area contributed by atoms with Crippen molar-refractivity contribution < 1.29 is 4.79 Å². The highest BCUT2D eigenvalue weighted by atomic mass is 16.1. The third-order valence-electron chi connectivity index (χ3n) is 3.38. The van der Waals surface area contributed by atoms with E-state index in [1.807, 2.05) is 0 Å². The van der Waals surface area contributed by atoms with Crippen LogP contribution in [0.2, 0.25) is 0 Å². The smallest absolute Gasteiger partial charge is 0.132 e. The van der Waals surface area contributed by atoms with Gasteiger partial charge in [-0.25, -0.2) is 0 Å². The number of ketones is 1. The maximum atomic E-state index is 11.1. The van der Waals surface area contributed by atoms with Crippen LogP contribution in [-0.4, -0.2) is 30.8 Å². The second-order valence-electron chi connectivity index (χ2n) is 4.95. The Morgan fingerprint density at radius 1 is 1.27 bits per heavy atom. The molecule has 2 heteroatoms. The summed E-state index contributed by atoms with van der Waals surface area (Å²) in [7, 11) is 2.21. The highest BCUT2D eigenvalue weighted by molar-refractivity contribution is 5.79. The van der Waals surface area contributed by atoms with Crippen LogP contribution in [-0.2, 0) is 4.79 Å². The molecule has 1 saturated carbocycles. The maximum absolute atomic E-state index is 11.1. The van der Waals surface area contributed by atoms with Crippen molar-refractivity contribution in [1.29, 1.82) is 0 Å². The molecule has 1 aliphatic carbocycles. The summed E-state index contributed by atoms with van der Waals surface area (Å²) in [4.78, 5) is 13.5. The summed E-state index contributed by atoms with van der Waals surface area (Å²) < 4.78 is 0. The number of unbranched alkanes of at least 4 members (excludes halogenated alkanes) is 2. The lowest BCUT2D eigenvalue weighted by molar-refractivity contribution is -0.121. The third kappa shape index (κ3) is 5.31. The monoisotopic (exact) mass is 211 g/mol. The van der Waals surface area contributed by atoms with Crippen LogP contribution < -0.4 is 0 Å². The van der Waals surface area contributed by atoms with Crippen molar-refractivity contribution in [2.24, 2.45) is 5.92 Å². The molecule has 0 aliphatic heterocycles. The lowest BCUT2D eigenvalue weighted by atomic mass is 9.88. The lowest BCUT2D eigenvalue weighted by Crippen LogP contribution is -2.29. The van der Waals surface area contributed by atoms with Gasteiger partial charge in [0, 0.05) is 19.4 Å². The molecule has 0 amide bonds. The summed E-state index contributed by atoms with van der Waals surface area (Å²) in [5.41, 5.74) is 0. The molecule has 0 radical (unpaired) electrons. The van der Waals surface area contributed by atoms with Gasteiger partial charge in [-0.2, -0.15) is 0 Å². The van der Waals surface area contributed by atoms with Gasteiger partial charge in [-0.3, -0.25) is 4.79 Å². The normalized spacial score (nSPS) is 18.7. The standard InChI is InChI=1S/C13H25NO/c1-3-4-5-10-14(2)11-12-6-8-13(15)9-7-12/h12H,3-11H2,1-2H3. The highest BCUT2D eigenvalue weighted by Gasteiger charge is 2.19. The Morgan fingerprint density at radius 3 is 2.53 bits per heavy atom. The molecule has 0 aromatic carbocycles. The second-order valence-corrected chi connectivity index (χ2v) is 4.95. The van der Waals surface area contributed by atoms with Gasteiger partial charge in [0.15, 0.2) is 0 Å². The Bertz CT molecular complexity index is 181. The first-order valence-corrected chi connectivity index (χ1v) is 6.42. The minimum atomic E-state index is 0.472. The lowest BCUT2D eigenvalue weighted by Gasteiger charge is -2.26. The number of hydrogen-bond acceptors (Lipinski definition) is 2. The summed E-state index contributed by atoms with van der Waals surface area (Å²) in [5, 5.41) is 0. The van der Waals surface area contributed by atoms with Crippen LogP contribution in [0, 0.1) is 5.92 Å². The first kappa shape index (κ1) is 12.7. The summed E-state index contributed by atoms with van der Waals surface area (Å²) in [6.45, 7) is 4.65. The molecule has 0 bridgehead atoms. The van der Waals surface area contributed by atoms with Crippen molar-refractivity contribution >= 4 is 5.78 Å². The van der Waals surface area contributed by atoms with Crippen molar-refractivity contribution in [2.45, 2.75) is 51.9 Å². The number of Topliss-reactive ketones (excluding diaryl/α,β-unsaturated/α-hetero) is 1. The van der Waals surface area contributed by atoms with E-state index in [4.69, 9.17) is 0 Å². The molecular formula is C13H25NO. The van der Waals surface area contributed by atoms with Crippen LogP contribution in [0.1, 0.15) is 51.9 Å². The largest absolute Gasteiger partial charge is 0.306 e. The van der Waals surface area contributed by atoms with E-state index in [1.54, 1.807) is 0 Å². The van der Waals surface area contributed by atoms with Crippen molar-refractivity contribution in [3.05, 3.63) is 0 Å². The number of rotatable bonds is 6. The third-order valence-corrected chi connectivity index (χ3v) is 3.38. The van der Waals surface area contributed by atoms with Crippen molar-refractivity contribution in [3.63, 3.8) is 0 Å². The fourth-order valence-electron chi connectivity index (χ4n) is 2.35. The van der Waals surface area contributed by atoms with Crippen LogP contribution in [0.25, 0.3) is 0 Å². The Hall–Kier alpha value is -0.370. The zero-order valence-corrected chi connectivity index (χ0v) is 10.3. The molecule has 1 fully saturated rings. The zero-order valence-electron chi connectivity index (χ0n) is 10.3. The van der Waals surface area contributed by atoms with Gasteiger partial charge in [-0.15, -0.1) is 0 Å². The van der Waals surface area contributed by atoms with E-state index in [0.717, 1.165) is 31.6 Å². The minimum Gasteiger partial charge on any atom is -0.306 e. The van der Waals surface area contributed by atoms with Crippen LogP contribution in [0.4, 0.5) is 0 Å². The molecule has 88 valence electrons. The quantitative estimate of drug-likeness (QED) is 0.630. The van der Waals surface area contributed by atoms with Gasteiger partial charge >= 0.3 is 0 Å². The average molecular weight is 211 g/mol. The van der Waals surface area contributed by atoms with E-state index in [1.165, 1.54) is 32.4 Å². The Morgan fingerprint density at radius 2 is 1.93 bits per heavy atom. The minimum absolute atomic E-state index is 0.472. The Balaban J connectivity index is 2.09. The molecule has 2 nitrogen and oxygen atoms in total. The van der Waals surface area contributed by atoms with Gasteiger partial charge in [0.2, 0.25) is 0 Å². The van der Waals surface area contributed by atoms with E-state index >= 15 is 0 Å². The van der Waals surface area contributed by atoms with Crippen LogP contribution in [0.15, 0.2) is 0 Å². The van der Waals surface area contributed by atoms with E-state index in [9.17, 15) is 4.79 Å². The number of carbonyl (C=O) groups is 1. The van der Waals surface area contributed by atoms with E-state index < -0.39 is 0 Å². The predicted molar refractivity (Wildman–Crippen MR) is 64.0 cm³/mol.